The van der Waals surface area contributed by atoms with Gasteiger partial charge in [-0.2, -0.15) is 0 Å². The molecule has 150 valence electrons. The third-order valence-electron chi connectivity index (χ3n) is 3.86. The smallest absolute Gasteiger partial charge is 0.276 e. The van der Waals surface area contributed by atoms with Crippen LogP contribution in [-0.4, -0.2) is 24.5 Å². The highest BCUT2D eigenvalue weighted by Gasteiger charge is 2.19. The van der Waals surface area contributed by atoms with Crippen LogP contribution in [0.15, 0.2) is 48.5 Å². The number of hydrogen-bond acceptors (Lipinski definition) is 4. The van der Waals surface area contributed by atoms with Crippen molar-refractivity contribution in [1.82, 2.24) is 10.9 Å². The van der Waals surface area contributed by atoms with Crippen molar-refractivity contribution < 1.29 is 19.1 Å². The van der Waals surface area contributed by atoms with Crippen molar-refractivity contribution in [2.45, 2.75) is 46.1 Å². The van der Waals surface area contributed by atoms with E-state index in [1.807, 2.05) is 38.1 Å². The summed E-state index contributed by atoms with van der Waals surface area (Å²) in [4.78, 5) is 24.2. The van der Waals surface area contributed by atoms with E-state index in [1.165, 1.54) is 0 Å². The zero-order valence-electron chi connectivity index (χ0n) is 17.0. The van der Waals surface area contributed by atoms with Crippen LogP contribution in [0.5, 0.6) is 11.5 Å². The number of amides is 2. The topological polar surface area (TPSA) is 76.7 Å². The molecule has 28 heavy (non-hydrogen) atoms. The van der Waals surface area contributed by atoms with Crippen molar-refractivity contribution in [3.8, 4) is 11.5 Å². The number of hydrogen-bond donors (Lipinski definition) is 2. The fraction of sp³-hybridized carbons (Fsp3) is 0.364. The maximum absolute atomic E-state index is 12.1. The van der Waals surface area contributed by atoms with Crippen molar-refractivity contribution in [2.75, 3.05) is 6.61 Å². The molecule has 0 aliphatic heterocycles. The van der Waals surface area contributed by atoms with Crippen LogP contribution in [0.3, 0.4) is 0 Å². The second-order valence-corrected chi connectivity index (χ2v) is 7.73. The summed E-state index contributed by atoms with van der Waals surface area (Å²) in [6, 6.07) is 14.3. The van der Waals surface area contributed by atoms with E-state index in [1.54, 1.807) is 24.3 Å². The van der Waals surface area contributed by atoms with Crippen LogP contribution < -0.4 is 20.3 Å². The van der Waals surface area contributed by atoms with Gasteiger partial charge in [-0.1, -0.05) is 39.0 Å². The SMILES string of the molecule is CC(C)Oc1ccc(C(=O)NNC(=O)COc2ccccc2C(C)(C)C)cc1. The fourth-order valence-electron chi connectivity index (χ4n) is 2.55. The van der Waals surface area contributed by atoms with Gasteiger partial charge in [-0.05, 0) is 55.2 Å². The van der Waals surface area contributed by atoms with E-state index in [2.05, 4.69) is 31.6 Å². The number of ether oxygens (including phenoxy) is 2. The molecule has 0 atom stereocenters. The van der Waals surface area contributed by atoms with E-state index < -0.39 is 11.8 Å². The summed E-state index contributed by atoms with van der Waals surface area (Å²) in [5, 5.41) is 0. The van der Waals surface area contributed by atoms with Crippen molar-refractivity contribution >= 4 is 11.8 Å². The molecule has 0 bridgehead atoms. The maximum atomic E-state index is 12.1. The zero-order chi connectivity index (χ0) is 20.7. The summed E-state index contributed by atoms with van der Waals surface area (Å²) in [7, 11) is 0. The van der Waals surface area contributed by atoms with Gasteiger partial charge < -0.3 is 9.47 Å². The summed E-state index contributed by atoms with van der Waals surface area (Å²) < 4.78 is 11.2. The normalized spacial score (nSPS) is 11.1. The number of benzene rings is 2. The molecular formula is C22H28N2O4. The van der Waals surface area contributed by atoms with Crippen LogP contribution in [0.1, 0.15) is 50.5 Å². The molecule has 6 heteroatoms. The quantitative estimate of drug-likeness (QED) is 0.746. The van der Waals surface area contributed by atoms with E-state index in [0.717, 1.165) is 5.56 Å². The first-order valence-electron chi connectivity index (χ1n) is 9.25. The molecule has 0 saturated carbocycles. The second kappa shape index (κ2) is 9.26. The van der Waals surface area contributed by atoms with Crippen molar-refractivity contribution in [1.29, 1.82) is 0 Å². The zero-order valence-corrected chi connectivity index (χ0v) is 17.0. The lowest BCUT2D eigenvalue weighted by Gasteiger charge is -2.22. The molecule has 2 aromatic rings. The largest absolute Gasteiger partial charge is 0.491 e. The van der Waals surface area contributed by atoms with Gasteiger partial charge in [0.05, 0.1) is 6.10 Å². The highest BCUT2D eigenvalue weighted by atomic mass is 16.5. The number of para-hydroxylation sites is 1. The van der Waals surface area contributed by atoms with Crippen LogP contribution in [-0.2, 0) is 10.2 Å². The lowest BCUT2D eigenvalue weighted by molar-refractivity contribution is -0.123. The van der Waals surface area contributed by atoms with Gasteiger partial charge in [-0.3, -0.25) is 20.4 Å². The van der Waals surface area contributed by atoms with Crippen LogP contribution in [0, 0.1) is 0 Å². The Bertz CT molecular complexity index is 808. The minimum Gasteiger partial charge on any atom is -0.491 e. The first-order chi connectivity index (χ1) is 13.2. The summed E-state index contributed by atoms with van der Waals surface area (Å²) in [5.41, 5.74) is 6.06. The second-order valence-electron chi connectivity index (χ2n) is 7.73. The van der Waals surface area contributed by atoms with E-state index in [9.17, 15) is 9.59 Å². The van der Waals surface area contributed by atoms with Gasteiger partial charge in [0.2, 0.25) is 0 Å². The summed E-state index contributed by atoms with van der Waals surface area (Å²) >= 11 is 0. The number of nitrogens with one attached hydrogen (secondary N) is 2. The number of carbonyl (C=O) groups is 2. The highest BCUT2D eigenvalue weighted by Crippen LogP contribution is 2.30. The Balaban J connectivity index is 1.85. The Morgan fingerprint density at radius 3 is 2.21 bits per heavy atom. The Morgan fingerprint density at radius 1 is 0.964 bits per heavy atom. The van der Waals surface area contributed by atoms with Gasteiger partial charge in [0.1, 0.15) is 11.5 Å². The lowest BCUT2D eigenvalue weighted by Crippen LogP contribution is -2.43. The van der Waals surface area contributed by atoms with Crippen LogP contribution in [0.2, 0.25) is 0 Å². The molecule has 0 saturated heterocycles. The first kappa shape index (κ1) is 21.3. The maximum Gasteiger partial charge on any atom is 0.276 e. The van der Waals surface area contributed by atoms with E-state index >= 15 is 0 Å². The van der Waals surface area contributed by atoms with Crippen molar-refractivity contribution in [3.63, 3.8) is 0 Å². The number of hydrazine groups is 1. The molecule has 0 fully saturated rings. The predicted octanol–water partition coefficient (Wildman–Crippen LogP) is 3.61. The Morgan fingerprint density at radius 2 is 1.61 bits per heavy atom. The molecule has 0 aliphatic rings. The van der Waals surface area contributed by atoms with Gasteiger partial charge >= 0.3 is 0 Å². The van der Waals surface area contributed by atoms with Gasteiger partial charge in [-0.15, -0.1) is 0 Å². The van der Waals surface area contributed by atoms with Gasteiger partial charge in [-0.25, -0.2) is 0 Å². The Labute approximate surface area is 166 Å². The van der Waals surface area contributed by atoms with Gasteiger partial charge in [0.15, 0.2) is 6.61 Å². The first-order valence-corrected chi connectivity index (χ1v) is 9.25. The molecule has 0 radical (unpaired) electrons. The van der Waals surface area contributed by atoms with Crippen LogP contribution in [0.25, 0.3) is 0 Å². The fourth-order valence-corrected chi connectivity index (χ4v) is 2.55. The minimum absolute atomic E-state index is 0.0578. The summed E-state index contributed by atoms with van der Waals surface area (Å²) in [5.74, 6) is 0.468. The average molecular weight is 384 g/mol. The van der Waals surface area contributed by atoms with Gasteiger partial charge in [0, 0.05) is 5.56 Å². The molecule has 2 rings (SSSR count). The molecule has 6 nitrogen and oxygen atoms in total. The lowest BCUT2D eigenvalue weighted by atomic mass is 9.86. The number of rotatable bonds is 6. The molecule has 2 N–H and O–H groups in total. The van der Waals surface area contributed by atoms with Crippen molar-refractivity contribution in [3.05, 3.63) is 59.7 Å². The van der Waals surface area contributed by atoms with Gasteiger partial charge in [0.25, 0.3) is 11.8 Å². The molecule has 0 aliphatic carbocycles. The average Bonchev–Trinajstić information content (AvgIpc) is 2.64. The third kappa shape index (κ3) is 6.30. The monoisotopic (exact) mass is 384 g/mol. The van der Waals surface area contributed by atoms with Crippen LogP contribution in [0.4, 0.5) is 0 Å². The molecule has 0 unspecified atom stereocenters. The number of carbonyl (C=O) groups excluding carboxylic acids is 2. The molecule has 0 aromatic heterocycles. The van der Waals surface area contributed by atoms with Crippen LogP contribution >= 0.6 is 0 Å². The highest BCUT2D eigenvalue weighted by molar-refractivity contribution is 5.95. The Kier molecular flexibility index (Phi) is 7.04. The standard InChI is InChI=1S/C22H28N2O4/c1-15(2)28-17-12-10-16(11-13-17)21(26)24-23-20(25)14-27-19-9-7-6-8-18(19)22(3,4)5/h6-13,15H,14H2,1-5H3,(H,23,25)(H,24,26). The summed E-state index contributed by atoms with van der Waals surface area (Å²) in [6.07, 6.45) is 0.0578. The predicted molar refractivity (Wildman–Crippen MR) is 108 cm³/mol. The third-order valence-corrected chi connectivity index (χ3v) is 3.86. The summed E-state index contributed by atoms with van der Waals surface area (Å²) in [6.45, 7) is 9.89. The van der Waals surface area contributed by atoms with Crippen molar-refractivity contribution in [2.24, 2.45) is 0 Å². The molecule has 2 aromatic carbocycles. The van der Waals surface area contributed by atoms with E-state index in [4.69, 9.17) is 9.47 Å². The van der Waals surface area contributed by atoms with E-state index in [-0.39, 0.29) is 18.1 Å². The molecule has 0 heterocycles. The van der Waals surface area contributed by atoms with E-state index in [0.29, 0.717) is 17.1 Å². The Hall–Kier alpha value is -3.02. The molecule has 0 spiro atoms. The molecule has 2 amide bonds. The molecular weight excluding hydrogens is 356 g/mol. The minimum atomic E-state index is -0.447.